The number of hydrogen-bond acceptors (Lipinski definition) is 4. The molecule has 3 N–H and O–H groups in total. The fourth-order valence-electron chi connectivity index (χ4n) is 2.78. The van der Waals surface area contributed by atoms with Crippen molar-refractivity contribution >= 4 is 18.3 Å². The highest BCUT2D eigenvalue weighted by Crippen LogP contribution is 2.30. The van der Waals surface area contributed by atoms with Crippen LogP contribution in [0, 0.1) is 5.92 Å². The maximum atomic E-state index is 12.0. The molecule has 1 saturated carbocycles. The van der Waals surface area contributed by atoms with Gasteiger partial charge in [-0.25, -0.2) is 0 Å². The number of ether oxygens (including phenoxy) is 2. The predicted molar refractivity (Wildman–Crippen MR) is 81.9 cm³/mol. The van der Waals surface area contributed by atoms with E-state index in [1.165, 1.54) is 0 Å². The molecule has 1 aliphatic carbocycles. The third-order valence-electron chi connectivity index (χ3n) is 3.92. The zero-order chi connectivity index (χ0) is 13.9. The number of fused-ring (bicyclic) bond motifs is 1. The van der Waals surface area contributed by atoms with Gasteiger partial charge in [-0.2, -0.15) is 0 Å². The van der Waals surface area contributed by atoms with Gasteiger partial charge >= 0.3 is 0 Å². The number of nitrogens with two attached hydrogens (primary N) is 1. The Morgan fingerprint density at radius 2 is 2.05 bits per heavy atom. The van der Waals surface area contributed by atoms with Crippen LogP contribution in [0.3, 0.4) is 0 Å². The topological polar surface area (TPSA) is 73.6 Å². The molecule has 1 aromatic carbocycles. The fourth-order valence-corrected chi connectivity index (χ4v) is 2.78. The van der Waals surface area contributed by atoms with Gasteiger partial charge in [-0.1, -0.05) is 12.1 Å². The standard InChI is InChI=1S/C15H20N2O3.ClH/c16-11-6-5-10(7-11)15(18)17-8-12-9-19-13-3-1-2-4-14(13)20-12;/h1-4,10-12H,5-9,16H2,(H,17,18);1H. The Labute approximate surface area is 130 Å². The van der Waals surface area contributed by atoms with Crippen LogP contribution in [-0.4, -0.2) is 31.2 Å². The first-order valence-corrected chi connectivity index (χ1v) is 7.14. The van der Waals surface area contributed by atoms with Crippen LogP contribution >= 0.6 is 12.4 Å². The van der Waals surface area contributed by atoms with Crippen LogP contribution in [0.4, 0.5) is 0 Å². The number of amides is 1. The molecule has 1 fully saturated rings. The van der Waals surface area contributed by atoms with Crippen LogP contribution in [0.5, 0.6) is 11.5 Å². The Kier molecular flexibility index (Phi) is 5.31. The molecule has 1 amide bonds. The summed E-state index contributed by atoms with van der Waals surface area (Å²) in [5.41, 5.74) is 5.83. The lowest BCUT2D eigenvalue weighted by Crippen LogP contribution is -2.42. The third kappa shape index (κ3) is 3.80. The van der Waals surface area contributed by atoms with Crippen LogP contribution in [0.25, 0.3) is 0 Å². The number of para-hydroxylation sites is 2. The van der Waals surface area contributed by atoms with Crippen LogP contribution < -0.4 is 20.5 Å². The van der Waals surface area contributed by atoms with E-state index >= 15 is 0 Å². The Balaban J connectivity index is 0.00000161. The van der Waals surface area contributed by atoms with E-state index in [1.807, 2.05) is 24.3 Å². The van der Waals surface area contributed by atoms with Crippen molar-refractivity contribution in [1.82, 2.24) is 5.32 Å². The summed E-state index contributed by atoms with van der Waals surface area (Å²) in [5, 5.41) is 2.95. The first-order chi connectivity index (χ1) is 9.72. The maximum absolute atomic E-state index is 12.0. The molecule has 3 unspecified atom stereocenters. The van der Waals surface area contributed by atoms with Crippen LogP contribution in [0.1, 0.15) is 19.3 Å². The molecule has 6 heteroatoms. The molecule has 0 aromatic heterocycles. The van der Waals surface area contributed by atoms with Crippen molar-refractivity contribution in [2.24, 2.45) is 11.7 Å². The van der Waals surface area contributed by atoms with Gasteiger partial charge in [0.25, 0.3) is 0 Å². The largest absolute Gasteiger partial charge is 0.486 e. The summed E-state index contributed by atoms with van der Waals surface area (Å²) < 4.78 is 11.4. The van der Waals surface area contributed by atoms with Gasteiger partial charge in [0.15, 0.2) is 11.5 Å². The second kappa shape index (κ2) is 7.00. The highest BCUT2D eigenvalue weighted by atomic mass is 35.5. The van der Waals surface area contributed by atoms with Crippen LogP contribution in [0.15, 0.2) is 24.3 Å². The van der Waals surface area contributed by atoms with Crippen LogP contribution in [0.2, 0.25) is 0 Å². The average molecular weight is 313 g/mol. The number of carbonyl (C=O) groups is 1. The van der Waals surface area contributed by atoms with E-state index in [2.05, 4.69) is 5.32 Å². The molecule has 1 heterocycles. The Bertz CT molecular complexity index is 498. The summed E-state index contributed by atoms with van der Waals surface area (Å²) in [5.74, 6) is 1.64. The summed E-state index contributed by atoms with van der Waals surface area (Å²) in [6.45, 7) is 0.931. The zero-order valence-electron chi connectivity index (χ0n) is 11.8. The molecule has 3 atom stereocenters. The van der Waals surface area contributed by atoms with Gasteiger partial charge in [0.1, 0.15) is 12.7 Å². The predicted octanol–water partition coefficient (Wildman–Crippen LogP) is 1.49. The molecule has 3 rings (SSSR count). The van der Waals surface area contributed by atoms with Crippen molar-refractivity contribution in [3.63, 3.8) is 0 Å². The normalized spacial score (nSPS) is 26.8. The fraction of sp³-hybridized carbons (Fsp3) is 0.533. The SMILES string of the molecule is Cl.NC1CCC(C(=O)NCC2COc3ccccc3O2)C1. The van der Waals surface area contributed by atoms with Gasteiger partial charge in [0.05, 0.1) is 6.54 Å². The number of carbonyl (C=O) groups excluding carboxylic acids is 1. The smallest absolute Gasteiger partial charge is 0.223 e. The second-order valence-corrected chi connectivity index (χ2v) is 5.51. The Morgan fingerprint density at radius 3 is 2.76 bits per heavy atom. The minimum Gasteiger partial charge on any atom is -0.486 e. The highest BCUT2D eigenvalue weighted by molar-refractivity contribution is 5.85. The molecule has 0 bridgehead atoms. The van der Waals surface area contributed by atoms with Gasteiger partial charge in [0, 0.05) is 12.0 Å². The number of halogens is 1. The maximum Gasteiger partial charge on any atom is 0.223 e. The molecule has 2 aliphatic rings. The molecular weight excluding hydrogens is 292 g/mol. The van der Waals surface area contributed by atoms with Gasteiger partial charge in [-0.3, -0.25) is 4.79 Å². The number of hydrogen-bond donors (Lipinski definition) is 2. The summed E-state index contributed by atoms with van der Waals surface area (Å²) in [6, 6.07) is 7.74. The highest BCUT2D eigenvalue weighted by Gasteiger charge is 2.28. The minimum atomic E-state index is -0.135. The van der Waals surface area contributed by atoms with E-state index in [9.17, 15) is 4.79 Å². The Hall–Kier alpha value is -1.46. The quantitative estimate of drug-likeness (QED) is 0.887. The van der Waals surface area contributed by atoms with Crippen molar-refractivity contribution in [2.45, 2.75) is 31.4 Å². The summed E-state index contributed by atoms with van der Waals surface area (Å²) in [7, 11) is 0. The number of benzene rings is 1. The number of nitrogens with one attached hydrogen (secondary N) is 1. The molecular formula is C15H21ClN2O3. The molecule has 5 nitrogen and oxygen atoms in total. The van der Waals surface area contributed by atoms with Crippen molar-refractivity contribution in [3.05, 3.63) is 24.3 Å². The lowest BCUT2D eigenvalue weighted by Gasteiger charge is -2.26. The zero-order valence-corrected chi connectivity index (χ0v) is 12.6. The van der Waals surface area contributed by atoms with Gasteiger partial charge in [0.2, 0.25) is 5.91 Å². The van der Waals surface area contributed by atoms with Gasteiger partial charge in [-0.15, -0.1) is 12.4 Å². The lowest BCUT2D eigenvalue weighted by molar-refractivity contribution is -0.125. The average Bonchev–Trinajstić information content (AvgIpc) is 2.91. The Morgan fingerprint density at radius 1 is 1.29 bits per heavy atom. The van der Waals surface area contributed by atoms with E-state index in [0.717, 1.165) is 30.8 Å². The lowest BCUT2D eigenvalue weighted by atomic mass is 10.1. The molecule has 0 saturated heterocycles. The van der Waals surface area contributed by atoms with E-state index in [-0.39, 0.29) is 36.4 Å². The van der Waals surface area contributed by atoms with E-state index in [0.29, 0.717) is 13.2 Å². The van der Waals surface area contributed by atoms with E-state index in [4.69, 9.17) is 15.2 Å². The monoisotopic (exact) mass is 312 g/mol. The van der Waals surface area contributed by atoms with Gasteiger partial charge in [-0.05, 0) is 31.4 Å². The van der Waals surface area contributed by atoms with Crippen molar-refractivity contribution in [3.8, 4) is 11.5 Å². The first-order valence-electron chi connectivity index (χ1n) is 7.14. The summed E-state index contributed by atoms with van der Waals surface area (Å²) in [6.07, 6.45) is 2.48. The molecule has 116 valence electrons. The van der Waals surface area contributed by atoms with Crippen molar-refractivity contribution < 1.29 is 14.3 Å². The first kappa shape index (κ1) is 15.9. The number of rotatable bonds is 3. The van der Waals surface area contributed by atoms with Crippen molar-refractivity contribution in [2.75, 3.05) is 13.2 Å². The summed E-state index contributed by atoms with van der Waals surface area (Å²) >= 11 is 0. The molecule has 1 aromatic rings. The van der Waals surface area contributed by atoms with E-state index < -0.39 is 0 Å². The summed E-state index contributed by atoms with van der Waals surface area (Å²) in [4.78, 5) is 12.0. The molecule has 0 radical (unpaired) electrons. The van der Waals surface area contributed by atoms with Crippen LogP contribution in [-0.2, 0) is 4.79 Å². The van der Waals surface area contributed by atoms with Crippen molar-refractivity contribution in [1.29, 1.82) is 0 Å². The third-order valence-corrected chi connectivity index (χ3v) is 3.92. The molecule has 0 spiro atoms. The minimum absolute atomic E-state index is 0. The van der Waals surface area contributed by atoms with Gasteiger partial charge < -0.3 is 20.5 Å². The van der Waals surface area contributed by atoms with E-state index in [1.54, 1.807) is 0 Å². The molecule has 1 aliphatic heterocycles. The molecule has 21 heavy (non-hydrogen) atoms. The second-order valence-electron chi connectivity index (χ2n) is 5.51.